The van der Waals surface area contributed by atoms with Crippen LogP contribution in [0.1, 0.15) is 12.0 Å². The standard InChI is InChI=1S/C12H13F3N6O3S/c13-12(14,15)7-1-2-8(21-4-3-6(22)5-21)9(10(7)25(16,23)24)11-17-19-20-18-11/h1-2,6,22H,3-5H2,(H2,16,23,24)(H,17,18,19,20)/t6-/m0/s1. The van der Waals surface area contributed by atoms with E-state index in [1.54, 1.807) is 4.90 Å². The van der Waals surface area contributed by atoms with Gasteiger partial charge in [0.05, 0.1) is 17.2 Å². The molecule has 3 rings (SSSR count). The van der Waals surface area contributed by atoms with E-state index in [-0.39, 0.29) is 18.1 Å². The molecule has 0 radical (unpaired) electrons. The third-order valence-corrected chi connectivity index (χ3v) is 4.79. The normalized spacial score (nSPS) is 18.8. The third-order valence-electron chi connectivity index (χ3n) is 3.80. The lowest BCUT2D eigenvalue weighted by Crippen LogP contribution is -2.25. The summed E-state index contributed by atoms with van der Waals surface area (Å²) in [6, 6.07) is 1.75. The van der Waals surface area contributed by atoms with Crippen LogP contribution in [0.5, 0.6) is 0 Å². The monoisotopic (exact) mass is 378 g/mol. The number of sulfonamides is 1. The molecule has 0 saturated carbocycles. The molecule has 9 nitrogen and oxygen atoms in total. The van der Waals surface area contributed by atoms with Gasteiger partial charge in [-0.2, -0.15) is 18.4 Å². The van der Waals surface area contributed by atoms with E-state index < -0.39 is 38.3 Å². The third kappa shape index (κ3) is 3.29. The molecule has 2 heterocycles. The Morgan fingerprint density at radius 2 is 2.08 bits per heavy atom. The van der Waals surface area contributed by atoms with Gasteiger partial charge in [-0.05, 0) is 23.8 Å². The number of aromatic amines is 1. The van der Waals surface area contributed by atoms with Crippen LogP contribution in [-0.4, -0.2) is 53.3 Å². The van der Waals surface area contributed by atoms with Crippen LogP contribution in [0, 0.1) is 0 Å². The molecule has 0 amide bonds. The molecule has 0 aliphatic carbocycles. The number of hydrogen-bond donors (Lipinski definition) is 3. The van der Waals surface area contributed by atoms with Crippen molar-refractivity contribution >= 4 is 15.7 Å². The van der Waals surface area contributed by atoms with E-state index in [0.717, 1.165) is 6.07 Å². The molecule has 13 heteroatoms. The fourth-order valence-electron chi connectivity index (χ4n) is 2.80. The molecule has 1 fully saturated rings. The van der Waals surface area contributed by atoms with Gasteiger partial charge in [-0.25, -0.2) is 13.6 Å². The van der Waals surface area contributed by atoms with Crippen molar-refractivity contribution in [2.24, 2.45) is 5.14 Å². The first-order chi connectivity index (χ1) is 11.6. The lowest BCUT2D eigenvalue weighted by atomic mass is 10.1. The van der Waals surface area contributed by atoms with Crippen molar-refractivity contribution in [3.8, 4) is 11.4 Å². The second-order valence-corrected chi connectivity index (χ2v) is 7.00. The van der Waals surface area contributed by atoms with E-state index in [1.165, 1.54) is 0 Å². The molecule has 1 atom stereocenters. The van der Waals surface area contributed by atoms with Gasteiger partial charge in [0.25, 0.3) is 0 Å². The minimum atomic E-state index is -4.96. The van der Waals surface area contributed by atoms with Crippen LogP contribution in [0.2, 0.25) is 0 Å². The fourth-order valence-corrected chi connectivity index (χ4v) is 3.77. The molecule has 0 bridgehead atoms. The second-order valence-electron chi connectivity index (χ2n) is 5.50. The number of aromatic nitrogens is 4. The van der Waals surface area contributed by atoms with Crippen molar-refractivity contribution in [1.82, 2.24) is 20.6 Å². The van der Waals surface area contributed by atoms with E-state index in [1.807, 2.05) is 0 Å². The summed E-state index contributed by atoms with van der Waals surface area (Å²) in [6.07, 6.45) is -5.25. The van der Waals surface area contributed by atoms with E-state index in [4.69, 9.17) is 5.14 Å². The quantitative estimate of drug-likeness (QED) is 0.689. The van der Waals surface area contributed by atoms with E-state index in [0.29, 0.717) is 19.0 Å². The summed E-state index contributed by atoms with van der Waals surface area (Å²) in [5, 5.41) is 27.3. The van der Waals surface area contributed by atoms with Crippen molar-refractivity contribution in [1.29, 1.82) is 0 Å². The minimum absolute atomic E-state index is 0.120. The van der Waals surface area contributed by atoms with E-state index in [9.17, 15) is 26.7 Å². The maximum atomic E-state index is 13.3. The average Bonchev–Trinajstić information content (AvgIpc) is 3.15. The average molecular weight is 378 g/mol. The van der Waals surface area contributed by atoms with Crippen LogP contribution in [0.4, 0.5) is 18.9 Å². The predicted molar refractivity (Wildman–Crippen MR) is 78.8 cm³/mol. The number of aliphatic hydroxyl groups is 1. The molecular formula is C12H13F3N6O3S. The summed E-state index contributed by atoms with van der Waals surface area (Å²) in [4.78, 5) is 0.422. The maximum absolute atomic E-state index is 13.3. The second kappa shape index (κ2) is 5.93. The van der Waals surface area contributed by atoms with Crippen molar-refractivity contribution in [2.45, 2.75) is 23.6 Å². The SMILES string of the molecule is NS(=O)(=O)c1c(C(F)(F)F)ccc(N2CC[C@H](O)C2)c1-c1nn[nH]n1. The molecule has 0 spiro atoms. The highest BCUT2D eigenvalue weighted by molar-refractivity contribution is 7.89. The first kappa shape index (κ1) is 17.6. The van der Waals surface area contributed by atoms with Gasteiger partial charge >= 0.3 is 6.18 Å². The molecule has 1 saturated heterocycles. The van der Waals surface area contributed by atoms with Crippen molar-refractivity contribution in [3.05, 3.63) is 17.7 Å². The number of halogens is 3. The lowest BCUT2D eigenvalue weighted by molar-refractivity contribution is -0.139. The number of anilines is 1. The smallest absolute Gasteiger partial charge is 0.391 e. The molecule has 136 valence electrons. The Bertz CT molecular complexity index is 884. The molecule has 1 aromatic carbocycles. The summed E-state index contributed by atoms with van der Waals surface area (Å²) in [5.74, 6) is -0.341. The first-order valence-corrected chi connectivity index (χ1v) is 8.57. The Morgan fingerprint density at radius 3 is 2.56 bits per heavy atom. The molecule has 25 heavy (non-hydrogen) atoms. The Kier molecular flexibility index (Phi) is 4.17. The van der Waals surface area contributed by atoms with Crippen LogP contribution < -0.4 is 10.0 Å². The van der Waals surface area contributed by atoms with Gasteiger partial charge < -0.3 is 10.0 Å². The summed E-state index contributed by atoms with van der Waals surface area (Å²) < 4.78 is 63.9. The van der Waals surface area contributed by atoms with Gasteiger partial charge in [0.2, 0.25) is 15.8 Å². The fraction of sp³-hybridized carbons (Fsp3) is 0.417. The van der Waals surface area contributed by atoms with Crippen LogP contribution in [0.15, 0.2) is 17.0 Å². The van der Waals surface area contributed by atoms with Crippen LogP contribution >= 0.6 is 0 Å². The van der Waals surface area contributed by atoms with Gasteiger partial charge in [-0.3, -0.25) is 0 Å². The molecular weight excluding hydrogens is 365 g/mol. The van der Waals surface area contributed by atoms with Gasteiger partial charge in [0, 0.05) is 18.8 Å². The number of nitrogens with two attached hydrogens (primary N) is 1. The van der Waals surface area contributed by atoms with Crippen LogP contribution in [0.3, 0.4) is 0 Å². The Labute approximate surface area is 139 Å². The number of hydrogen-bond acceptors (Lipinski definition) is 7. The van der Waals surface area contributed by atoms with Crippen molar-refractivity contribution in [3.63, 3.8) is 0 Å². The number of H-pyrrole nitrogens is 1. The van der Waals surface area contributed by atoms with Crippen molar-refractivity contribution in [2.75, 3.05) is 18.0 Å². The predicted octanol–water partition coefficient (Wildman–Crippen LogP) is 0.104. The summed E-state index contributed by atoms with van der Waals surface area (Å²) >= 11 is 0. The topological polar surface area (TPSA) is 138 Å². The number of aliphatic hydroxyl groups excluding tert-OH is 1. The Morgan fingerprint density at radius 1 is 1.36 bits per heavy atom. The Hall–Kier alpha value is -2.25. The molecule has 0 unspecified atom stereocenters. The summed E-state index contributed by atoms with van der Waals surface area (Å²) in [6.45, 7) is 0.446. The molecule has 1 aliphatic heterocycles. The number of rotatable bonds is 3. The zero-order valence-corrected chi connectivity index (χ0v) is 13.3. The van der Waals surface area contributed by atoms with Crippen LogP contribution in [-0.2, 0) is 16.2 Å². The summed E-state index contributed by atoms with van der Waals surface area (Å²) in [5.41, 5.74) is -1.70. The zero-order valence-electron chi connectivity index (χ0n) is 12.5. The zero-order chi connectivity index (χ0) is 18.4. The molecule has 1 aliphatic rings. The summed E-state index contributed by atoms with van der Waals surface area (Å²) in [7, 11) is -4.77. The largest absolute Gasteiger partial charge is 0.417 e. The minimum Gasteiger partial charge on any atom is -0.391 e. The first-order valence-electron chi connectivity index (χ1n) is 7.03. The highest BCUT2D eigenvalue weighted by Crippen LogP contribution is 2.43. The number of alkyl halides is 3. The number of β-amino-alcohol motifs (C(OH)–C–C–N with tert-alkyl or cyclic N) is 1. The van der Waals surface area contributed by atoms with E-state index >= 15 is 0 Å². The van der Waals surface area contributed by atoms with Gasteiger partial charge in [-0.1, -0.05) is 0 Å². The number of nitrogens with one attached hydrogen (secondary N) is 1. The van der Waals surface area contributed by atoms with E-state index in [2.05, 4.69) is 20.6 Å². The molecule has 4 N–H and O–H groups in total. The number of primary sulfonamides is 1. The lowest BCUT2D eigenvalue weighted by Gasteiger charge is -2.24. The number of benzene rings is 1. The Balaban J connectivity index is 2.35. The molecule has 1 aromatic heterocycles. The highest BCUT2D eigenvalue weighted by Gasteiger charge is 2.40. The number of tetrazole rings is 1. The maximum Gasteiger partial charge on any atom is 0.417 e. The van der Waals surface area contributed by atoms with Crippen molar-refractivity contribution < 1.29 is 26.7 Å². The van der Waals surface area contributed by atoms with Gasteiger partial charge in [0.15, 0.2) is 0 Å². The molecule has 2 aromatic rings. The van der Waals surface area contributed by atoms with Gasteiger partial charge in [-0.15, -0.1) is 10.2 Å². The number of nitrogens with zero attached hydrogens (tertiary/aromatic N) is 4. The highest BCUT2D eigenvalue weighted by atomic mass is 32.2. The van der Waals surface area contributed by atoms with Gasteiger partial charge in [0.1, 0.15) is 4.90 Å². The van der Waals surface area contributed by atoms with Crippen LogP contribution in [0.25, 0.3) is 11.4 Å².